The van der Waals surface area contributed by atoms with Crippen molar-refractivity contribution in [3.05, 3.63) is 120 Å². The van der Waals surface area contributed by atoms with E-state index in [9.17, 15) is 13.4 Å². The number of ether oxygens (including phenoxy) is 1. The van der Waals surface area contributed by atoms with Crippen LogP contribution in [0.15, 0.2) is 97.1 Å². The molecule has 0 aliphatic carbocycles. The number of benzene rings is 4. The van der Waals surface area contributed by atoms with E-state index in [0.29, 0.717) is 36.0 Å². The van der Waals surface area contributed by atoms with Crippen LogP contribution in [0, 0.1) is 5.82 Å². The summed E-state index contributed by atoms with van der Waals surface area (Å²) in [6.07, 6.45) is 0. The predicted octanol–water partition coefficient (Wildman–Crippen LogP) is 5.42. The van der Waals surface area contributed by atoms with E-state index < -0.39 is 16.9 Å². The van der Waals surface area contributed by atoms with Crippen LogP contribution in [0.4, 0.5) is 10.1 Å². The van der Waals surface area contributed by atoms with E-state index in [1.54, 1.807) is 48.5 Å². The van der Waals surface area contributed by atoms with Crippen LogP contribution in [0.25, 0.3) is 22.8 Å². The van der Waals surface area contributed by atoms with Crippen molar-refractivity contribution < 1.29 is 22.7 Å². The third-order valence-electron chi connectivity index (χ3n) is 6.32. The van der Waals surface area contributed by atoms with E-state index in [0.717, 1.165) is 22.3 Å². The summed E-state index contributed by atoms with van der Waals surface area (Å²) in [5, 5.41) is 13.3. The number of carbonyl (C=O) groups excluding carboxylic acids is 1. The largest absolute Gasteiger partial charge is 0.486 e. The number of carbonyl (C=O) groups is 1. The van der Waals surface area contributed by atoms with Gasteiger partial charge >= 0.3 is 0 Å². The Balaban J connectivity index is 1.16. The highest BCUT2D eigenvalue weighted by Crippen LogP contribution is 2.23. The molecule has 4 aromatic carbocycles. The molecule has 0 saturated heterocycles. The first-order valence-electron chi connectivity index (χ1n) is 13.1. The van der Waals surface area contributed by atoms with Gasteiger partial charge in [-0.3, -0.25) is 9.89 Å². The molecule has 0 fully saturated rings. The number of aromatic nitrogens is 3. The molecule has 1 atom stereocenters. The molecule has 42 heavy (non-hydrogen) atoms. The number of rotatable bonds is 12. The summed E-state index contributed by atoms with van der Waals surface area (Å²) in [5.74, 6) is 0.826. The number of aromatic amines is 1. The number of H-pyrrole nitrogens is 1. The van der Waals surface area contributed by atoms with Gasteiger partial charge in [0.1, 0.15) is 6.61 Å². The van der Waals surface area contributed by atoms with Gasteiger partial charge in [0.05, 0.1) is 5.75 Å². The lowest BCUT2D eigenvalue weighted by Gasteiger charge is -2.08. The molecule has 11 heteroatoms. The molecule has 1 heterocycles. The monoisotopic (exact) mass is 585 g/mol. The van der Waals surface area contributed by atoms with Crippen LogP contribution < -0.4 is 15.4 Å². The fraction of sp³-hybridized carbons (Fsp3) is 0.129. The molecule has 0 radical (unpaired) electrons. The molecule has 9 nitrogen and oxygen atoms in total. The number of nitrogens with zero attached hydrogens (tertiary/aromatic N) is 2. The van der Waals surface area contributed by atoms with Gasteiger partial charge in [-0.1, -0.05) is 48.5 Å². The molecule has 0 saturated carbocycles. The van der Waals surface area contributed by atoms with Gasteiger partial charge in [-0.25, -0.2) is 13.6 Å². The van der Waals surface area contributed by atoms with Crippen LogP contribution in [0.5, 0.6) is 5.75 Å². The molecule has 4 N–H and O–H groups in total. The van der Waals surface area contributed by atoms with E-state index in [1.165, 1.54) is 6.07 Å². The second-order valence-electron chi connectivity index (χ2n) is 9.36. The number of hydrogen-bond donors (Lipinski definition) is 4. The highest BCUT2D eigenvalue weighted by Gasteiger charge is 2.11. The van der Waals surface area contributed by atoms with Crippen molar-refractivity contribution in [1.82, 2.24) is 20.5 Å². The Kier molecular flexibility index (Phi) is 9.44. The van der Waals surface area contributed by atoms with Crippen molar-refractivity contribution in [2.45, 2.75) is 13.2 Å². The van der Waals surface area contributed by atoms with Gasteiger partial charge in [-0.15, -0.1) is 0 Å². The summed E-state index contributed by atoms with van der Waals surface area (Å²) in [5.41, 5.74) is 4.54. The Morgan fingerprint density at radius 1 is 0.929 bits per heavy atom. The Morgan fingerprint density at radius 3 is 2.45 bits per heavy atom. The summed E-state index contributed by atoms with van der Waals surface area (Å²) in [6.45, 7) is 1.13. The molecule has 214 valence electrons. The number of para-hydroxylation sites is 1. The van der Waals surface area contributed by atoms with Gasteiger partial charge in [0.2, 0.25) is 0 Å². The third kappa shape index (κ3) is 7.72. The van der Waals surface area contributed by atoms with Crippen molar-refractivity contribution in [3.63, 3.8) is 0 Å². The van der Waals surface area contributed by atoms with Crippen molar-refractivity contribution in [1.29, 1.82) is 0 Å². The molecule has 1 aromatic heterocycles. The highest BCUT2D eigenvalue weighted by atomic mass is 32.2. The Labute approximate surface area is 244 Å². The topological polar surface area (TPSA) is 129 Å². The number of hydrogen-bond acceptors (Lipinski definition) is 6. The summed E-state index contributed by atoms with van der Waals surface area (Å²) in [4.78, 5) is 17.4. The highest BCUT2D eigenvalue weighted by molar-refractivity contribution is 7.79. The molecular formula is C31H28FN5O4S. The molecule has 0 spiro atoms. The second kappa shape index (κ2) is 13.8. The summed E-state index contributed by atoms with van der Waals surface area (Å²) in [6, 6.07) is 28.3. The van der Waals surface area contributed by atoms with Crippen molar-refractivity contribution >= 4 is 22.7 Å². The maximum atomic E-state index is 13.8. The number of anilines is 1. The molecule has 0 aliphatic heterocycles. The van der Waals surface area contributed by atoms with E-state index >= 15 is 0 Å². The van der Waals surface area contributed by atoms with Gasteiger partial charge in [-0.2, -0.15) is 5.10 Å². The normalized spacial score (nSPS) is 11.7. The Morgan fingerprint density at radius 2 is 1.69 bits per heavy atom. The lowest BCUT2D eigenvalue weighted by molar-refractivity contribution is 0.102. The zero-order valence-corrected chi connectivity index (χ0v) is 23.2. The van der Waals surface area contributed by atoms with E-state index in [1.807, 2.05) is 42.5 Å². The Hall–Kier alpha value is -4.71. The zero-order valence-electron chi connectivity index (χ0n) is 22.4. The fourth-order valence-corrected chi connectivity index (χ4v) is 4.44. The molecule has 5 rings (SSSR count). The number of amides is 1. The Bertz CT molecular complexity index is 1680. The van der Waals surface area contributed by atoms with Crippen LogP contribution in [0.2, 0.25) is 0 Å². The van der Waals surface area contributed by atoms with E-state index in [4.69, 9.17) is 9.29 Å². The molecule has 1 unspecified atom stereocenters. The quantitative estimate of drug-likeness (QED) is 0.114. The fourth-order valence-electron chi connectivity index (χ4n) is 4.12. The molecule has 0 bridgehead atoms. The van der Waals surface area contributed by atoms with Gasteiger partial charge in [0.15, 0.2) is 34.3 Å². The van der Waals surface area contributed by atoms with Gasteiger partial charge in [0.25, 0.3) is 5.91 Å². The zero-order chi connectivity index (χ0) is 29.3. The second-order valence-corrected chi connectivity index (χ2v) is 10.4. The van der Waals surface area contributed by atoms with Gasteiger partial charge in [-0.05, 0) is 59.7 Å². The standard InChI is InChI=1S/C31H28FN5O4S/c32-27-6-1-2-7-28(27)41-20-21-8-10-23(11-9-21)29-35-30(37-36-29)24-12-14-26(15-13-24)34-31(38)25-5-3-4-22(18-25)19-33-16-17-42(39)40/h1-15,18,33H,16-17,19-20H2,(H,34,38)(H,39,40)(H,35,36,37). The SMILES string of the molecule is O=C(Nc1ccc(-c2n[nH]c(-c3ccc(COc4ccccc4F)cc3)n2)cc1)c1cccc(CNCCS(=O)O)c1. The molecular weight excluding hydrogens is 557 g/mol. The van der Waals surface area contributed by atoms with Crippen molar-refractivity contribution in [3.8, 4) is 28.5 Å². The maximum Gasteiger partial charge on any atom is 0.255 e. The first-order chi connectivity index (χ1) is 20.4. The van der Waals surface area contributed by atoms with Gasteiger partial charge < -0.3 is 19.9 Å². The van der Waals surface area contributed by atoms with Crippen LogP contribution in [-0.2, 0) is 24.2 Å². The summed E-state index contributed by atoms with van der Waals surface area (Å²) >= 11 is -1.84. The van der Waals surface area contributed by atoms with Gasteiger partial charge in [0, 0.05) is 35.5 Å². The minimum atomic E-state index is -1.84. The van der Waals surface area contributed by atoms with Crippen molar-refractivity contribution in [2.24, 2.45) is 0 Å². The van der Waals surface area contributed by atoms with Crippen LogP contribution in [0.3, 0.4) is 0 Å². The average molecular weight is 586 g/mol. The molecule has 5 aromatic rings. The predicted molar refractivity (Wildman–Crippen MR) is 160 cm³/mol. The smallest absolute Gasteiger partial charge is 0.255 e. The van der Waals surface area contributed by atoms with Crippen LogP contribution >= 0.6 is 0 Å². The minimum absolute atomic E-state index is 0.147. The average Bonchev–Trinajstić information content (AvgIpc) is 3.50. The summed E-state index contributed by atoms with van der Waals surface area (Å²) < 4.78 is 38.9. The maximum absolute atomic E-state index is 13.8. The third-order valence-corrected chi connectivity index (χ3v) is 6.87. The van der Waals surface area contributed by atoms with E-state index in [-0.39, 0.29) is 24.0 Å². The van der Waals surface area contributed by atoms with E-state index in [2.05, 4.69) is 25.8 Å². The summed E-state index contributed by atoms with van der Waals surface area (Å²) in [7, 11) is 0. The van der Waals surface area contributed by atoms with Crippen LogP contribution in [0.1, 0.15) is 21.5 Å². The van der Waals surface area contributed by atoms with Crippen molar-refractivity contribution in [2.75, 3.05) is 17.6 Å². The minimum Gasteiger partial charge on any atom is -0.486 e. The lowest BCUT2D eigenvalue weighted by Crippen LogP contribution is -2.20. The number of nitrogens with one attached hydrogen (secondary N) is 3. The first kappa shape index (κ1) is 28.8. The lowest BCUT2D eigenvalue weighted by atomic mass is 10.1. The number of halogens is 1. The van der Waals surface area contributed by atoms with Crippen LogP contribution in [-0.4, -0.2) is 42.1 Å². The molecule has 1 amide bonds. The molecule has 0 aliphatic rings. The first-order valence-corrected chi connectivity index (χ1v) is 14.4.